The van der Waals surface area contributed by atoms with Crippen molar-refractivity contribution in [1.82, 2.24) is 25.9 Å². The minimum Gasteiger partial charge on any atom is -0.355 e. The summed E-state index contributed by atoms with van der Waals surface area (Å²) in [5, 5.41) is 15.6. The molecule has 0 unspecified atom stereocenters. The number of hydrogen-bond acceptors (Lipinski definition) is 8. The highest BCUT2D eigenvalue weighted by Crippen LogP contribution is 2.35. The van der Waals surface area contributed by atoms with Crippen LogP contribution >= 0.6 is 23.1 Å². The van der Waals surface area contributed by atoms with E-state index in [1.54, 1.807) is 0 Å². The highest BCUT2D eigenvalue weighted by atomic mass is 32.2. The summed E-state index contributed by atoms with van der Waals surface area (Å²) >= 11 is 2.56. The first-order valence-electron chi connectivity index (χ1n) is 9.29. The first-order valence-corrected chi connectivity index (χ1v) is 11.1. The number of hydrogen-bond donors (Lipinski definition) is 3. The van der Waals surface area contributed by atoms with Gasteiger partial charge in [-0.15, -0.1) is 10.2 Å². The summed E-state index contributed by atoms with van der Waals surface area (Å²) in [6.45, 7) is 8.20. The van der Waals surface area contributed by atoms with E-state index in [0.717, 1.165) is 17.9 Å². The van der Waals surface area contributed by atoms with Gasteiger partial charge in [0.15, 0.2) is 4.34 Å². The lowest BCUT2D eigenvalue weighted by Gasteiger charge is -2.33. The van der Waals surface area contributed by atoms with Crippen LogP contribution < -0.4 is 16.1 Å². The van der Waals surface area contributed by atoms with Crippen LogP contribution in [0.25, 0.3) is 0 Å². The van der Waals surface area contributed by atoms with E-state index in [9.17, 15) is 14.4 Å². The van der Waals surface area contributed by atoms with Gasteiger partial charge < -0.3 is 10.6 Å². The molecule has 11 heteroatoms. The third-order valence-corrected chi connectivity index (χ3v) is 6.71. The molecule has 0 atom stereocenters. The maximum Gasteiger partial charge on any atom is 0.344 e. The van der Waals surface area contributed by atoms with Gasteiger partial charge >= 0.3 is 6.03 Å². The highest BCUT2D eigenvalue weighted by Gasteiger charge is 2.52. The molecule has 2 fully saturated rings. The Kier molecular flexibility index (Phi) is 5.85. The Bertz CT molecular complexity index is 767. The number of nitrogens with zero attached hydrogens (tertiary/aromatic N) is 3. The lowest BCUT2D eigenvalue weighted by molar-refractivity contribution is -0.139. The molecule has 1 aliphatic carbocycles. The maximum atomic E-state index is 12.7. The highest BCUT2D eigenvalue weighted by molar-refractivity contribution is 8.01. The van der Waals surface area contributed by atoms with E-state index in [-0.39, 0.29) is 17.2 Å². The molecule has 1 saturated carbocycles. The first kappa shape index (κ1) is 20.8. The maximum absolute atomic E-state index is 12.7. The molecule has 1 spiro atoms. The molecule has 9 nitrogen and oxygen atoms in total. The second kappa shape index (κ2) is 7.86. The van der Waals surface area contributed by atoms with Crippen molar-refractivity contribution in [1.29, 1.82) is 0 Å². The molecule has 1 aromatic rings. The lowest BCUT2D eigenvalue weighted by atomic mass is 9.77. The van der Waals surface area contributed by atoms with Crippen molar-refractivity contribution in [2.45, 2.75) is 68.8 Å². The molecule has 3 N–H and O–H groups in total. The van der Waals surface area contributed by atoms with Gasteiger partial charge in [-0.05, 0) is 52.4 Å². The van der Waals surface area contributed by atoms with E-state index in [1.165, 1.54) is 23.1 Å². The van der Waals surface area contributed by atoms with E-state index in [4.69, 9.17) is 0 Å². The fourth-order valence-corrected chi connectivity index (χ4v) is 4.99. The number of imide groups is 1. The molecule has 1 saturated heterocycles. The number of carbonyl (C=O) groups excluding carboxylic acids is 3. The number of rotatable bonds is 5. The average molecular weight is 427 g/mol. The Morgan fingerprint density at radius 2 is 2.00 bits per heavy atom. The number of amides is 4. The van der Waals surface area contributed by atoms with Crippen LogP contribution in [0.4, 0.5) is 9.93 Å². The van der Waals surface area contributed by atoms with Gasteiger partial charge in [0.25, 0.3) is 5.91 Å². The van der Waals surface area contributed by atoms with Gasteiger partial charge in [-0.25, -0.2) is 4.79 Å². The van der Waals surface area contributed by atoms with Gasteiger partial charge in [0.1, 0.15) is 5.54 Å². The summed E-state index contributed by atoms with van der Waals surface area (Å²) in [6.07, 6.45) is 2.97. The van der Waals surface area contributed by atoms with Crippen LogP contribution in [-0.2, 0) is 9.59 Å². The van der Waals surface area contributed by atoms with Crippen molar-refractivity contribution in [2.75, 3.05) is 11.1 Å². The van der Waals surface area contributed by atoms with Crippen LogP contribution in [0.1, 0.15) is 53.4 Å². The average Bonchev–Trinajstić information content (AvgIpc) is 3.12. The molecule has 154 valence electrons. The van der Waals surface area contributed by atoms with Crippen LogP contribution in [0.5, 0.6) is 0 Å². The van der Waals surface area contributed by atoms with Gasteiger partial charge in [-0.3, -0.25) is 15.0 Å². The first-order chi connectivity index (χ1) is 13.1. The molecule has 0 aromatic carbocycles. The van der Waals surface area contributed by atoms with Gasteiger partial charge in [0, 0.05) is 5.54 Å². The Morgan fingerprint density at radius 1 is 1.32 bits per heavy atom. The van der Waals surface area contributed by atoms with E-state index in [1.807, 2.05) is 20.8 Å². The minimum atomic E-state index is -0.864. The zero-order valence-electron chi connectivity index (χ0n) is 16.5. The SMILES string of the molecule is CC1CCC2(CC1)NC(=O)N(NC(=O)CSc1nnc(NC(C)(C)C)s1)C2=O. The summed E-state index contributed by atoms with van der Waals surface area (Å²) in [7, 11) is 0. The molecule has 2 heterocycles. The topological polar surface area (TPSA) is 116 Å². The monoisotopic (exact) mass is 426 g/mol. The fourth-order valence-electron chi connectivity index (χ4n) is 3.24. The largest absolute Gasteiger partial charge is 0.355 e. The Labute approximate surface area is 172 Å². The van der Waals surface area contributed by atoms with E-state index >= 15 is 0 Å². The summed E-state index contributed by atoms with van der Waals surface area (Å²) < 4.78 is 0.636. The summed E-state index contributed by atoms with van der Waals surface area (Å²) in [4.78, 5) is 37.2. The molecule has 28 heavy (non-hydrogen) atoms. The van der Waals surface area contributed by atoms with Crippen molar-refractivity contribution in [2.24, 2.45) is 5.92 Å². The van der Waals surface area contributed by atoms with Gasteiger partial charge in [-0.2, -0.15) is 5.01 Å². The number of hydrazine groups is 1. The van der Waals surface area contributed by atoms with Crippen molar-refractivity contribution in [3.05, 3.63) is 0 Å². The third-order valence-electron chi connectivity index (χ3n) is 4.74. The molecule has 1 aromatic heterocycles. The summed E-state index contributed by atoms with van der Waals surface area (Å²) in [5.41, 5.74) is 1.44. The second-order valence-corrected chi connectivity index (χ2v) is 10.6. The zero-order valence-corrected chi connectivity index (χ0v) is 18.1. The molecule has 1 aliphatic heterocycles. The standard InChI is InChI=1S/C17H26N6O3S2/c1-10-5-7-17(8-6-10)12(25)23(14(26)19-17)22-11(24)9-27-15-21-20-13(28-15)18-16(2,3)4/h10H,5-9H2,1-4H3,(H,18,20)(H,19,26)(H,22,24). The Hall–Kier alpha value is -1.88. The fraction of sp³-hybridized carbons (Fsp3) is 0.706. The number of thioether (sulfide) groups is 1. The number of aromatic nitrogens is 2. The van der Waals surface area contributed by atoms with Crippen LogP contribution in [-0.4, -0.2) is 49.9 Å². The molecule has 3 rings (SSSR count). The Balaban J connectivity index is 1.52. The summed E-state index contributed by atoms with van der Waals surface area (Å²) in [5.74, 6) is -0.226. The lowest BCUT2D eigenvalue weighted by Crippen LogP contribution is -2.51. The molecular formula is C17H26N6O3S2. The molecule has 0 bridgehead atoms. The Morgan fingerprint density at radius 3 is 2.64 bits per heavy atom. The zero-order chi connectivity index (χ0) is 20.5. The smallest absolute Gasteiger partial charge is 0.344 e. The number of anilines is 1. The normalized spacial score (nSPS) is 25.1. The van der Waals surface area contributed by atoms with Crippen molar-refractivity contribution in [3.63, 3.8) is 0 Å². The quantitative estimate of drug-likeness (QED) is 0.489. The van der Waals surface area contributed by atoms with E-state index in [2.05, 4.69) is 33.2 Å². The van der Waals surface area contributed by atoms with Crippen LogP contribution in [0.15, 0.2) is 4.34 Å². The van der Waals surface area contributed by atoms with Crippen LogP contribution in [0.3, 0.4) is 0 Å². The molecule has 0 radical (unpaired) electrons. The van der Waals surface area contributed by atoms with Crippen molar-refractivity contribution >= 4 is 46.1 Å². The van der Waals surface area contributed by atoms with Gasteiger partial charge in [0.05, 0.1) is 5.75 Å². The van der Waals surface area contributed by atoms with Gasteiger partial charge in [-0.1, -0.05) is 30.0 Å². The molecule has 2 aliphatic rings. The van der Waals surface area contributed by atoms with Gasteiger partial charge in [0.2, 0.25) is 11.0 Å². The number of urea groups is 1. The predicted octanol–water partition coefficient (Wildman–Crippen LogP) is 2.37. The minimum absolute atomic E-state index is 0.0330. The van der Waals surface area contributed by atoms with E-state index < -0.39 is 17.5 Å². The molecule has 4 amide bonds. The number of nitrogens with one attached hydrogen (secondary N) is 3. The second-order valence-electron chi connectivity index (χ2n) is 8.41. The third kappa shape index (κ3) is 4.75. The van der Waals surface area contributed by atoms with Crippen molar-refractivity contribution in [3.8, 4) is 0 Å². The summed E-state index contributed by atoms with van der Waals surface area (Å²) in [6, 6.07) is -0.564. The van der Waals surface area contributed by atoms with Crippen molar-refractivity contribution < 1.29 is 14.4 Å². The van der Waals surface area contributed by atoms with Crippen LogP contribution in [0.2, 0.25) is 0 Å². The molecular weight excluding hydrogens is 400 g/mol. The number of carbonyl (C=O) groups is 3. The van der Waals surface area contributed by atoms with Crippen LogP contribution in [0, 0.1) is 5.92 Å². The predicted molar refractivity (Wildman–Crippen MR) is 108 cm³/mol. The van der Waals surface area contributed by atoms with E-state index in [0.29, 0.717) is 28.2 Å².